The molecule has 2 aromatic carbocycles. The van der Waals surface area contributed by atoms with Crippen molar-refractivity contribution in [1.82, 2.24) is 4.90 Å². The van der Waals surface area contributed by atoms with Crippen molar-refractivity contribution in [1.29, 1.82) is 0 Å². The van der Waals surface area contributed by atoms with Crippen LogP contribution in [0.1, 0.15) is 5.56 Å². The Morgan fingerprint density at radius 3 is 2.50 bits per heavy atom. The van der Waals surface area contributed by atoms with Gasteiger partial charge in [0.2, 0.25) is 0 Å². The average Bonchev–Trinajstić information content (AvgIpc) is 2.61. The van der Waals surface area contributed by atoms with Gasteiger partial charge in [0, 0.05) is 25.0 Å². The fourth-order valence-corrected chi connectivity index (χ4v) is 3.59. The van der Waals surface area contributed by atoms with Gasteiger partial charge in [-0.1, -0.05) is 0 Å². The summed E-state index contributed by atoms with van der Waals surface area (Å²) >= 11 is 0. The monoisotopic (exact) mass is 415 g/mol. The number of carbonyl (C=O) groups excluding carboxylic acids is 1. The van der Waals surface area contributed by atoms with Crippen molar-refractivity contribution in [2.75, 3.05) is 23.7 Å². The van der Waals surface area contributed by atoms with E-state index in [1.807, 2.05) is 0 Å². The minimum Gasteiger partial charge on any atom is -0.484 e. The van der Waals surface area contributed by atoms with Gasteiger partial charge in [0.1, 0.15) is 5.75 Å². The smallest absolute Gasteiger partial charge is 0.422 e. The Labute approximate surface area is 159 Å². The quantitative estimate of drug-likeness (QED) is 0.784. The number of hydrogen-bond acceptors (Lipinski definition) is 4. The molecular formula is C17H16F3N3O4S. The van der Waals surface area contributed by atoms with Crippen molar-refractivity contribution in [2.45, 2.75) is 17.6 Å². The summed E-state index contributed by atoms with van der Waals surface area (Å²) in [7, 11) is -2.34. The predicted octanol–water partition coefficient (Wildman–Crippen LogP) is 3.41. The first-order chi connectivity index (χ1) is 13.0. The molecule has 0 unspecified atom stereocenters. The van der Waals surface area contributed by atoms with Gasteiger partial charge in [0.15, 0.2) is 6.61 Å². The molecule has 28 heavy (non-hydrogen) atoms. The van der Waals surface area contributed by atoms with Crippen molar-refractivity contribution in [3.05, 3.63) is 48.0 Å². The number of fused-ring (bicyclic) bond motifs is 1. The van der Waals surface area contributed by atoms with Gasteiger partial charge in [-0.3, -0.25) is 4.72 Å². The number of anilines is 2. The maximum absolute atomic E-state index is 12.5. The van der Waals surface area contributed by atoms with E-state index in [2.05, 4.69) is 14.8 Å². The minimum atomic E-state index is -4.48. The highest BCUT2D eigenvalue weighted by Crippen LogP contribution is 2.27. The molecule has 0 saturated carbocycles. The molecule has 0 spiro atoms. The Morgan fingerprint density at radius 1 is 1.18 bits per heavy atom. The molecule has 0 aliphatic carbocycles. The summed E-state index contributed by atoms with van der Waals surface area (Å²) in [5, 5.41) is 2.68. The number of rotatable bonds is 5. The molecule has 0 aromatic heterocycles. The van der Waals surface area contributed by atoms with Crippen LogP contribution in [0.5, 0.6) is 5.75 Å². The number of carbonyl (C=O) groups is 1. The summed E-state index contributed by atoms with van der Waals surface area (Å²) in [6, 6.07) is 9.04. The van der Waals surface area contributed by atoms with Crippen LogP contribution in [0.4, 0.5) is 29.3 Å². The van der Waals surface area contributed by atoms with Crippen LogP contribution < -0.4 is 14.8 Å². The van der Waals surface area contributed by atoms with Crippen LogP contribution in [-0.2, 0) is 16.6 Å². The van der Waals surface area contributed by atoms with Crippen LogP contribution in [0.15, 0.2) is 47.4 Å². The maximum Gasteiger partial charge on any atom is 0.422 e. The summed E-state index contributed by atoms with van der Waals surface area (Å²) < 4.78 is 68.5. The van der Waals surface area contributed by atoms with E-state index in [1.165, 1.54) is 11.0 Å². The van der Waals surface area contributed by atoms with Crippen LogP contribution >= 0.6 is 0 Å². The van der Waals surface area contributed by atoms with E-state index in [0.717, 1.165) is 29.8 Å². The van der Waals surface area contributed by atoms with Gasteiger partial charge in [-0.2, -0.15) is 13.2 Å². The number of amides is 2. The Bertz CT molecular complexity index is 992. The summed E-state index contributed by atoms with van der Waals surface area (Å²) in [5.74, 6) is -0.0937. The summed E-state index contributed by atoms with van der Waals surface area (Å²) in [6.45, 7) is -1.14. The Balaban J connectivity index is 1.73. The number of ether oxygens (including phenoxy) is 1. The summed E-state index contributed by atoms with van der Waals surface area (Å²) in [4.78, 5) is 12.9. The molecule has 1 aliphatic heterocycles. The van der Waals surface area contributed by atoms with Gasteiger partial charge in [0.25, 0.3) is 10.0 Å². The van der Waals surface area contributed by atoms with E-state index in [9.17, 15) is 26.4 Å². The van der Waals surface area contributed by atoms with Crippen LogP contribution in [0, 0.1) is 0 Å². The van der Waals surface area contributed by atoms with Gasteiger partial charge in [-0.25, -0.2) is 13.2 Å². The van der Waals surface area contributed by atoms with Crippen molar-refractivity contribution in [3.63, 3.8) is 0 Å². The lowest BCUT2D eigenvalue weighted by molar-refractivity contribution is -0.153. The second-order valence-corrected chi connectivity index (χ2v) is 7.82. The number of urea groups is 1. The third-order valence-corrected chi connectivity index (χ3v) is 5.29. The third-order valence-electron chi connectivity index (χ3n) is 3.89. The Kier molecular flexibility index (Phi) is 5.11. The molecule has 2 amide bonds. The van der Waals surface area contributed by atoms with Crippen molar-refractivity contribution >= 4 is 27.4 Å². The molecule has 0 fully saturated rings. The Morgan fingerprint density at radius 2 is 1.86 bits per heavy atom. The first kappa shape index (κ1) is 19.8. The average molecular weight is 415 g/mol. The number of halogens is 3. The standard InChI is InChI=1S/C17H16F3N3O4S/c1-23-9-11-8-12(2-7-15(11)21-16(23)24)22-28(25,26)14-5-3-13(4-6-14)27-10-17(18,19)20/h2-8,22H,9-10H2,1H3,(H,21,24). The highest BCUT2D eigenvalue weighted by atomic mass is 32.2. The van der Waals surface area contributed by atoms with Crippen LogP contribution in [0.25, 0.3) is 0 Å². The van der Waals surface area contributed by atoms with Crippen molar-refractivity contribution in [2.24, 2.45) is 0 Å². The number of nitrogens with zero attached hydrogens (tertiary/aromatic N) is 1. The van der Waals surface area contributed by atoms with E-state index >= 15 is 0 Å². The largest absolute Gasteiger partial charge is 0.484 e. The second kappa shape index (κ2) is 7.23. The highest BCUT2D eigenvalue weighted by molar-refractivity contribution is 7.92. The first-order valence-electron chi connectivity index (χ1n) is 8.01. The van der Waals surface area contributed by atoms with E-state index in [4.69, 9.17) is 0 Å². The number of alkyl halides is 3. The zero-order chi connectivity index (χ0) is 20.5. The molecule has 1 heterocycles. The third kappa shape index (κ3) is 4.66. The lowest BCUT2D eigenvalue weighted by Crippen LogP contribution is -2.35. The molecule has 0 bridgehead atoms. The molecule has 7 nitrogen and oxygen atoms in total. The van der Waals surface area contributed by atoms with Crippen molar-refractivity contribution in [3.8, 4) is 5.75 Å². The number of nitrogens with one attached hydrogen (secondary N) is 2. The summed E-state index contributed by atoms with van der Waals surface area (Å²) in [6.07, 6.45) is -4.48. The topological polar surface area (TPSA) is 87.7 Å². The first-order valence-corrected chi connectivity index (χ1v) is 9.49. The van der Waals surface area contributed by atoms with Gasteiger partial charge in [-0.05, 0) is 48.0 Å². The van der Waals surface area contributed by atoms with Crippen LogP contribution in [0.2, 0.25) is 0 Å². The fraction of sp³-hybridized carbons (Fsp3) is 0.235. The molecule has 0 radical (unpaired) electrons. The minimum absolute atomic E-state index is 0.0937. The molecule has 2 aromatic rings. The van der Waals surface area contributed by atoms with Gasteiger partial charge in [0.05, 0.1) is 4.90 Å². The molecule has 2 N–H and O–H groups in total. The lowest BCUT2D eigenvalue weighted by Gasteiger charge is -2.26. The predicted molar refractivity (Wildman–Crippen MR) is 95.7 cm³/mol. The van der Waals surface area contributed by atoms with Gasteiger partial charge in [-0.15, -0.1) is 0 Å². The normalized spacial score (nSPS) is 14.3. The van der Waals surface area contributed by atoms with Gasteiger partial charge < -0.3 is 15.0 Å². The zero-order valence-electron chi connectivity index (χ0n) is 14.6. The van der Waals surface area contributed by atoms with Crippen LogP contribution in [-0.4, -0.2) is 39.2 Å². The second-order valence-electron chi connectivity index (χ2n) is 6.14. The molecule has 0 saturated heterocycles. The molecular weight excluding hydrogens is 399 g/mol. The van der Waals surface area contributed by atoms with Gasteiger partial charge >= 0.3 is 12.2 Å². The van der Waals surface area contributed by atoms with Crippen LogP contribution in [0.3, 0.4) is 0 Å². The number of benzene rings is 2. The lowest BCUT2D eigenvalue weighted by atomic mass is 10.1. The maximum atomic E-state index is 12.5. The fourth-order valence-electron chi connectivity index (χ4n) is 2.54. The SMILES string of the molecule is CN1Cc2cc(NS(=O)(=O)c3ccc(OCC(F)(F)F)cc3)ccc2NC1=O. The molecule has 3 rings (SSSR count). The Hall–Kier alpha value is -2.95. The molecule has 11 heteroatoms. The summed E-state index contributed by atoms with van der Waals surface area (Å²) in [5.41, 5.74) is 1.62. The van der Waals surface area contributed by atoms with E-state index in [0.29, 0.717) is 17.9 Å². The zero-order valence-corrected chi connectivity index (χ0v) is 15.4. The number of hydrogen-bond donors (Lipinski definition) is 2. The van der Waals surface area contributed by atoms with E-state index in [1.54, 1.807) is 19.2 Å². The van der Waals surface area contributed by atoms with Crippen molar-refractivity contribution < 1.29 is 31.1 Å². The van der Waals surface area contributed by atoms with E-state index < -0.39 is 22.8 Å². The molecule has 1 aliphatic rings. The molecule has 150 valence electrons. The number of sulfonamides is 1. The van der Waals surface area contributed by atoms with E-state index in [-0.39, 0.29) is 16.7 Å². The highest BCUT2D eigenvalue weighted by Gasteiger charge is 2.28. The molecule has 0 atom stereocenters.